The van der Waals surface area contributed by atoms with Gasteiger partial charge in [-0.3, -0.25) is 4.99 Å². The summed E-state index contributed by atoms with van der Waals surface area (Å²) in [5.41, 5.74) is 21.0. The Balaban J connectivity index is 0.974. The largest absolute Gasteiger partial charge is 0.360 e. The molecule has 0 amide bonds. The summed E-state index contributed by atoms with van der Waals surface area (Å²) >= 11 is 0. The van der Waals surface area contributed by atoms with Crippen LogP contribution in [0.3, 0.4) is 0 Å². The van der Waals surface area contributed by atoms with Crippen molar-refractivity contribution < 1.29 is 0 Å². The van der Waals surface area contributed by atoms with Gasteiger partial charge in [0.1, 0.15) is 6.17 Å². The van der Waals surface area contributed by atoms with Crippen LogP contribution < -0.4 is 10.2 Å². The fraction of sp³-hybridized carbons (Fsp3) is 0.0339. The lowest BCUT2D eigenvalue weighted by Crippen LogP contribution is -2.36. The number of allylic oxidation sites excluding steroid dienone is 1. The summed E-state index contributed by atoms with van der Waals surface area (Å²) < 4.78 is 0. The number of aliphatic imine (C=N–C) groups is 1. The molecule has 1 N–H and O–H groups in total. The Morgan fingerprint density at radius 2 is 0.887 bits per heavy atom. The fourth-order valence-corrected chi connectivity index (χ4v) is 10.2. The molecule has 292 valence electrons. The van der Waals surface area contributed by atoms with Crippen molar-refractivity contribution in [2.75, 3.05) is 4.90 Å². The van der Waals surface area contributed by atoms with Gasteiger partial charge in [0, 0.05) is 11.4 Å². The average Bonchev–Trinajstić information content (AvgIpc) is 3.65. The molecule has 3 heteroatoms. The molecule has 2 aliphatic heterocycles. The first-order valence-corrected chi connectivity index (χ1v) is 21.4. The predicted molar refractivity (Wildman–Crippen MR) is 256 cm³/mol. The standard InChI is InChI=1S/C59H41N3/c1-4-18-41(19-5-1)54-39-55(61-58(60-54)43-20-6-2-7-21-43)42-34-32-40(33-35-42)46-24-10-11-25-47(46)44-36-37-49-48-26-12-13-27-50(48)59(53(49)38-44)51-28-14-16-30-56(51)62(45-22-8-3-9-23-45)57-31-17-15-29-52(57)59/h1-39,58,61H. The maximum atomic E-state index is 5.15. The Bertz CT molecular complexity index is 3160. The molecule has 0 saturated carbocycles. The van der Waals surface area contributed by atoms with Crippen molar-refractivity contribution in [2.45, 2.75) is 11.6 Å². The van der Waals surface area contributed by atoms with Crippen LogP contribution in [0.2, 0.25) is 0 Å². The summed E-state index contributed by atoms with van der Waals surface area (Å²) in [5, 5.41) is 3.74. The molecule has 1 atom stereocenters. The molecule has 9 aromatic rings. The molecule has 0 fully saturated rings. The number of nitrogens with one attached hydrogen (secondary N) is 1. The summed E-state index contributed by atoms with van der Waals surface area (Å²) in [6, 6.07) is 83.8. The van der Waals surface area contributed by atoms with Gasteiger partial charge in [0.05, 0.1) is 22.5 Å². The highest BCUT2D eigenvalue weighted by Gasteiger charge is 2.51. The van der Waals surface area contributed by atoms with Crippen molar-refractivity contribution in [3.8, 4) is 33.4 Å². The summed E-state index contributed by atoms with van der Waals surface area (Å²) in [6.45, 7) is 0. The molecule has 3 aliphatic rings. The number of hydrogen-bond donors (Lipinski definition) is 1. The zero-order chi connectivity index (χ0) is 41.0. The van der Waals surface area contributed by atoms with E-state index in [4.69, 9.17) is 4.99 Å². The molecule has 2 heterocycles. The molecule has 0 aromatic heterocycles. The van der Waals surface area contributed by atoms with Gasteiger partial charge in [-0.25, -0.2) is 0 Å². The second-order valence-electron chi connectivity index (χ2n) is 16.3. The van der Waals surface area contributed by atoms with Crippen molar-refractivity contribution in [1.29, 1.82) is 0 Å². The van der Waals surface area contributed by atoms with E-state index in [1.807, 2.05) is 6.07 Å². The Labute approximate surface area is 362 Å². The van der Waals surface area contributed by atoms with Crippen LogP contribution in [-0.2, 0) is 5.41 Å². The molecular formula is C59H41N3. The molecule has 62 heavy (non-hydrogen) atoms. The van der Waals surface area contributed by atoms with E-state index in [0.29, 0.717) is 0 Å². The first kappa shape index (κ1) is 35.9. The van der Waals surface area contributed by atoms with Gasteiger partial charge in [-0.15, -0.1) is 0 Å². The van der Waals surface area contributed by atoms with Crippen LogP contribution in [0.4, 0.5) is 17.1 Å². The maximum Gasteiger partial charge on any atom is 0.145 e. The molecule has 0 bridgehead atoms. The predicted octanol–water partition coefficient (Wildman–Crippen LogP) is 14.3. The summed E-state index contributed by atoms with van der Waals surface area (Å²) in [4.78, 5) is 7.59. The van der Waals surface area contributed by atoms with Gasteiger partial charge >= 0.3 is 0 Å². The van der Waals surface area contributed by atoms with Crippen molar-refractivity contribution >= 4 is 28.5 Å². The number of para-hydroxylation sites is 3. The van der Waals surface area contributed by atoms with Crippen LogP contribution in [0.15, 0.2) is 242 Å². The second kappa shape index (κ2) is 14.6. The zero-order valence-corrected chi connectivity index (χ0v) is 34.0. The third-order valence-corrected chi connectivity index (χ3v) is 12.9. The minimum absolute atomic E-state index is 0.189. The number of nitrogens with zero attached hydrogens (tertiary/aromatic N) is 2. The van der Waals surface area contributed by atoms with Crippen LogP contribution >= 0.6 is 0 Å². The average molecular weight is 792 g/mol. The Morgan fingerprint density at radius 3 is 1.56 bits per heavy atom. The van der Waals surface area contributed by atoms with E-state index in [-0.39, 0.29) is 6.17 Å². The van der Waals surface area contributed by atoms with E-state index < -0.39 is 5.41 Å². The van der Waals surface area contributed by atoms with Gasteiger partial charge in [-0.2, -0.15) is 0 Å². The first-order valence-electron chi connectivity index (χ1n) is 21.4. The van der Waals surface area contributed by atoms with Gasteiger partial charge in [0.25, 0.3) is 0 Å². The molecule has 0 saturated heterocycles. The lowest BCUT2D eigenvalue weighted by molar-refractivity contribution is 0.664. The fourth-order valence-electron chi connectivity index (χ4n) is 10.2. The number of fused-ring (bicyclic) bond motifs is 9. The summed E-state index contributed by atoms with van der Waals surface area (Å²) in [7, 11) is 0. The number of anilines is 3. The first-order chi connectivity index (χ1) is 30.8. The SMILES string of the molecule is C1=C(c2ccc(-c3ccccc3-c3ccc4c(c3)C3(c5ccccc5-4)c4ccccc4N(c4ccccc4)c4ccccc43)cc2)NC(c2ccccc2)N=C1c1ccccc1. The van der Waals surface area contributed by atoms with Crippen molar-refractivity contribution in [3.05, 3.63) is 276 Å². The zero-order valence-electron chi connectivity index (χ0n) is 34.0. The van der Waals surface area contributed by atoms with Crippen LogP contribution in [0.1, 0.15) is 45.1 Å². The van der Waals surface area contributed by atoms with E-state index in [1.54, 1.807) is 0 Å². The van der Waals surface area contributed by atoms with Gasteiger partial charge in [0.2, 0.25) is 0 Å². The van der Waals surface area contributed by atoms with Gasteiger partial charge in [-0.05, 0) is 109 Å². The smallest absolute Gasteiger partial charge is 0.145 e. The normalized spacial score (nSPS) is 15.4. The van der Waals surface area contributed by atoms with Crippen LogP contribution in [0.25, 0.3) is 39.1 Å². The van der Waals surface area contributed by atoms with E-state index in [2.05, 4.69) is 241 Å². The lowest BCUT2D eigenvalue weighted by atomic mass is 9.64. The van der Waals surface area contributed by atoms with Crippen molar-refractivity contribution in [1.82, 2.24) is 5.32 Å². The molecule has 1 aliphatic carbocycles. The van der Waals surface area contributed by atoms with Crippen molar-refractivity contribution in [3.63, 3.8) is 0 Å². The highest BCUT2D eigenvalue weighted by molar-refractivity contribution is 6.13. The van der Waals surface area contributed by atoms with Gasteiger partial charge in [0.15, 0.2) is 0 Å². The third kappa shape index (κ3) is 5.63. The van der Waals surface area contributed by atoms with E-state index in [1.165, 1.54) is 67.0 Å². The minimum atomic E-state index is -0.517. The quantitative estimate of drug-likeness (QED) is 0.182. The van der Waals surface area contributed by atoms with E-state index >= 15 is 0 Å². The van der Waals surface area contributed by atoms with Crippen LogP contribution in [0, 0.1) is 0 Å². The molecule has 1 unspecified atom stereocenters. The second-order valence-corrected chi connectivity index (χ2v) is 16.3. The van der Waals surface area contributed by atoms with Crippen LogP contribution in [0.5, 0.6) is 0 Å². The monoisotopic (exact) mass is 791 g/mol. The Kier molecular flexibility index (Phi) is 8.46. The molecule has 3 nitrogen and oxygen atoms in total. The molecule has 9 aromatic carbocycles. The number of benzene rings is 9. The maximum absolute atomic E-state index is 5.15. The Hall–Kier alpha value is -8.01. The van der Waals surface area contributed by atoms with Crippen molar-refractivity contribution in [2.24, 2.45) is 4.99 Å². The molecule has 12 rings (SSSR count). The number of hydrogen-bond acceptors (Lipinski definition) is 3. The lowest BCUT2D eigenvalue weighted by Gasteiger charge is -2.45. The number of rotatable bonds is 6. The summed E-state index contributed by atoms with van der Waals surface area (Å²) in [6.07, 6.45) is 1.99. The highest BCUT2D eigenvalue weighted by atomic mass is 15.2. The topological polar surface area (TPSA) is 27.6 Å². The van der Waals surface area contributed by atoms with Gasteiger partial charge < -0.3 is 10.2 Å². The van der Waals surface area contributed by atoms with E-state index in [9.17, 15) is 0 Å². The Morgan fingerprint density at radius 1 is 0.387 bits per heavy atom. The summed E-state index contributed by atoms with van der Waals surface area (Å²) in [5.74, 6) is 0. The highest BCUT2D eigenvalue weighted by Crippen LogP contribution is 2.63. The van der Waals surface area contributed by atoms with Gasteiger partial charge in [-0.1, -0.05) is 200 Å². The third-order valence-electron chi connectivity index (χ3n) is 12.9. The molecule has 1 spiro atoms. The minimum Gasteiger partial charge on any atom is -0.360 e. The molecule has 0 radical (unpaired) electrons. The van der Waals surface area contributed by atoms with E-state index in [0.717, 1.165) is 33.8 Å². The van der Waals surface area contributed by atoms with Crippen LogP contribution in [-0.4, -0.2) is 5.71 Å². The molecular weight excluding hydrogens is 751 g/mol.